The molecular formula is C24H19NO6. The largest absolute Gasteiger partial charge is 0.508 e. The number of amides is 1. The topological polar surface area (TPSA) is 99.6 Å². The van der Waals surface area contributed by atoms with Gasteiger partial charge in [0.15, 0.2) is 11.4 Å². The van der Waals surface area contributed by atoms with E-state index in [0.29, 0.717) is 11.3 Å². The van der Waals surface area contributed by atoms with Crippen LogP contribution in [-0.4, -0.2) is 45.9 Å². The summed E-state index contributed by atoms with van der Waals surface area (Å²) in [6.07, 6.45) is 3.70. The Labute approximate surface area is 178 Å². The Morgan fingerprint density at radius 1 is 1.42 bits per heavy atom. The van der Waals surface area contributed by atoms with Crippen LogP contribution in [0.2, 0.25) is 0 Å². The molecule has 4 bridgehead atoms. The highest BCUT2D eigenvalue weighted by Gasteiger charge is 2.90. The van der Waals surface area contributed by atoms with E-state index in [1.807, 2.05) is 6.92 Å². The van der Waals surface area contributed by atoms with E-state index >= 15 is 0 Å². The van der Waals surface area contributed by atoms with Crippen molar-refractivity contribution in [2.24, 2.45) is 5.92 Å². The quantitative estimate of drug-likeness (QED) is 0.432. The van der Waals surface area contributed by atoms with Gasteiger partial charge in [-0.25, -0.2) is 4.79 Å². The van der Waals surface area contributed by atoms with Gasteiger partial charge in [0, 0.05) is 12.0 Å². The molecule has 0 aromatic heterocycles. The Kier molecular flexibility index (Phi) is 3.92. The molecular weight excluding hydrogens is 398 g/mol. The van der Waals surface area contributed by atoms with Gasteiger partial charge in [0.25, 0.3) is 0 Å². The number of carbonyl (C=O) groups is 2. The highest BCUT2D eigenvalue weighted by Crippen LogP contribution is 2.74. The van der Waals surface area contributed by atoms with Gasteiger partial charge in [-0.3, -0.25) is 9.69 Å². The summed E-state index contributed by atoms with van der Waals surface area (Å²) in [4.78, 5) is 27.6. The number of benzene rings is 1. The van der Waals surface area contributed by atoms with Crippen LogP contribution in [0.1, 0.15) is 18.9 Å². The van der Waals surface area contributed by atoms with Crippen molar-refractivity contribution in [3.8, 4) is 29.4 Å². The molecule has 0 spiro atoms. The monoisotopic (exact) mass is 417 g/mol. The van der Waals surface area contributed by atoms with Crippen molar-refractivity contribution >= 4 is 17.6 Å². The summed E-state index contributed by atoms with van der Waals surface area (Å²) >= 11 is 0. The van der Waals surface area contributed by atoms with Crippen LogP contribution in [-0.2, 0) is 19.9 Å². The standard InChI is InChI=1S/C24H19NO6/c1-3-12-30-21(28)25-18-10-9-16(26)14-17(18)24-22(29)11-7-5-4-6-8-19(25)23(24,31-24)15(2)13-20(22)27/h3-5,9-10,14-15,19,26,29H,1,12-13H2,2H3/b5-4-/t15-,19-,22?,23-,24-/m0/s1. The van der Waals surface area contributed by atoms with Crippen LogP contribution >= 0.6 is 0 Å². The number of phenols is 1. The van der Waals surface area contributed by atoms with Crippen LogP contribution in [0.5, 0.6) is 5.75 Å². The Hall–Kier alpha value is -3.52. The first-order valence-corrected chi connectivity index (χ1v) is 9.88. The van der Waals surface area contributed by atoms with Gasteiger partial charge in [-0.1, -0.05) is 43.3 Å². The normalized spacial score (nSPS) is 37.0. The van der Waals surface area contributed by atoms with E-state index in [4.69, 9.17) is 9.47 Å². The summed E-state index contributed by atoms with van der Waals surface area (Å²) in [5, 5.41) is 21.9. The van der Waals surface area contributed by atoms with Crippen LogP contribution in [0.25, 0.3) is 0 Å². The highest BCUT2D eigenvalue weighted by atomic mass is 16.7. The fourth-order valence-electron chi connectivity index (χ4n) is 5.22. The van der Waals surface area contributed by atoms with Gasteiger partial charge in [-0.15, -0.1) is 0 Å². The second-order valence-electron chi connectivity index (χ2n) is 8.05. The number of rotatable bonds is 2. The number of phenolic OH excluding ortho intramolecular Hbond substituents is 1. The molecule has 2 aliphatic heterocycles. The number of hydrogen-bond acceptors (Lipinski definition) is 6. The maximum atomic E-state index is 13.1. The number of ketones is 1. The van der Waals surface area contributed by atoms with Crippen LogP contribution in [0.3, 0.4) is 0 Å². The predicted octanol–water partition coefficient (Wildman–Crippen LogP) is 1.78. The lowest BCUT2D eigenvalue weighted by Crippen LogP contribution is -2.67. The van der Waals surface area contributed by atoms with E-state index in [1.54, 1.807) is 0 Å². The lowest BCUT2D eigenvalue weighted by Gasteiger charge is -2.47. The van der Waals surface area contributed by atoms with Gasteiger partial charge in [-0.2, -0.15) is 0 Å². The van der Waals surface area contributed by atoms with Gasteiger partial charge in [0.05, 0.1) is 5.69 Å². The fraction of sp³-hybridized carbons (Fsp3) is 0.333. The first-order valence-electron chi connectivity index (χ1n) is 9.88. The summed E-state index contributed by atoms with van der Waals surface area (Å²) < 4.78 is 11.7. The molecule has 4 aliphatic rings. The lowest BCUT2D eigenvalue weighted by atomic mass is 9.57. The molecule has 1 unspecified atom stereocenters. The minimum absolute atomic E-state index is 0.00147. The SMILES string of the molecule is C=CCOC(=O)N1c2ccc(O)cc2[C@@]23O[C@@]24[C@@H]1C#C/C=C\C#CC3(O)C(=O)C[C@@H]4C. The predicted molar refractivity (Wildman–Crippen MR) is 110 cm³/mol. The maximum absolute atomic E-state index is 13.1. The van der Waals surface area contributed by atoms with Gasteiger partial charge < -0.3 is 19.7 Å². The van der Waals surface area contributed by atoms with Crippen LogP contribution in [0.4, 0.5) is 10.5 Å². The Balaban J connectivity index is 1.86. The van der Waals surface area contributed by atoms with Crippen LogP contribution < -0.4 is 4.90 Å². The van der Waals surface area contributed by atoms with E-state index in [9.17, 15) is 19.8 Å². The molecule has 5 rings (SSSR count). The van der Waals surface area contributed by atoms with Crippen molar-refractivity contribution in [3.63, 3.8) is 0 Å². The minimum atomic E-state index is -2.17. The van der Waals surface area contributed by atoms with Crippen LogP contribution in [0.15, 0.2) is 43.0 Å². The third kappa shape index (κ3) is 2.17. The average molecular weight is 417 g/mol. The number of anilines is 1. The summed E-state index contributed by atoms with van der Waals surface area (Å²) in [5.74, 6) is 10.4. The fourth-order valence-corrected chi connectivity index (χ4v) is 5.22. The first kappa shape index (κ1) is 19.4. The first-order chi connectivity index (χ1) is 14.8. The van der Waals surface area contributed by atoms with Crippen molar-refractivity contribution < 1.29 is 29.3 Å². The number of aliphatic hydroxyl groups is 1. The van der Waals surface area contributed by atoms with E-state index in [0.717, 1.165) is 0 Å². The third-order valence-corrected chi connectivity index (χ3v) is 6.50. The van der Waals surface area contributed by atoms with Gasteiger partial charge >= 0.3 is 6.09 Å². The van der Waals surface area contributed by atoms with E-state index in [2.05, 4.69) is 30.3 Å². The van der Waals surface area contributed by atoms with Crippen molar-refractivity contribution in [1.29, 1.82) is 0 Å². The van der Waals surface area contributed by atoms with E-state index in [1.165, 1.54) is 41.3 Å². The second-order valence-corrected chi connectivity index (χ2v) is 8.05. The van der Waals surface area contributed by atoms with Crippen molar-refractivity contribution in [3.05, 3.63) is 48.6 Å². The zero-order chi connectivity index (χ0) is 22.0. The molecule has 31 heavy (non-hydrogen) atoms. The number of epoxide rings is 1. The zero-order valence-corrected chi connectivity index (χ0v) is 16.7. The smallest absolute Gasteiger partial charge is 0.415 e. The molecule has 1 saturated heterocycles. The van der Waals surface area contributed by atoms with Gasteiger partial charge in [0.1, 0.15) is 24.0 Å². The molecule has 5 atom stereocenters. The number of carbonyl (C=O) groups excluding carboxylic acids is 2. The maximum Gasteiger partial charge on any atom is 0.415 e. The molecule has 1 aromatic carbocycles. The van der Waals surface area contributed by atoms with Gasteiger partial charge in [-0.05, 0) is 36.3 Å². The number of ether oxygens (including phenoxy) is 2. The van der Waals surface area contributed by atoms with Crippen LogP contribution in [0, 0.1) is 29.6 Å². The molecule has 1 amide bonds. The second kappa shape index (κ2) is 6.24. The summed E-state index contributed by atoms with van der Waals surface area (Å²) in [7, 11) is 0. The summed E-state index contributed by atoms with van der Waals surface area (Å²) in [6, 6.07) is 3.47. The number of nitrogens with zero attached hydrogens (tertiary/aromatic N) is 1. The third-order valence-electron chi connectivity index (χ3n) is 6.50. The molecule has 156 valence electrons. The number of fused-ring (bicyclic) bond motifs is 1. The number of allylic oxidation sites excluding steroid dienone is 2. The Morgan fingerprint density at radius 3 is 2.97 bits per heavy atom. The van der Waals surface area contributed by atoms with Gasteiger partial charge in [0.2, 0.25) is 5.60 Å². The van der Waals surface area contributed by atoms with Crippen molar-refractivity contribution in [2.75, 3.05) is 11.5 Å². The molecule has 2 N–H and O–H groups in total. The summed E-state index contributed by atoms with van der Waals surface area (Å²) in [6.45, 7) is 5.39. The molecule has 2 aliphatic carbocycles. The van der Waals surface area contributed by atoms with Crippen molar-refractivity contribution in [2.45, 2.75) is 36.2 Å². The van der Waals surface area contributed by atoms with E-state index in [-0.39, 0.29) is 18.8 Å². The zero-order valence-electron chi connectivity index (χ0n) is 16.7. The molecule has 7 heteroatoms. The van der Waals surface area contributed by atoms with Crippen molar-refractivity contribution in [1.82, 2.24) is 0 Å². The number of Topliss-reactive ketones (excluding diaryl/α,β-unsaturated/α-hetero) is 1. The molecule has 0 radical (unpaired) electrons. The lowest BCUT2D eigenvalue weighted by molar-refractivity contribution is -0.141. The summed E-state index contributed by atoms with van der Waals surface area (Å²) in [5.41, 5.74) is -4.33. The average Bonchev–Trinajstić information content (AvgIpc) is 3.47. The molecule has 7 nitrogen and oxygen atoms in total. The highest BCUT2D eigenvalue weighted by molar-refractivity contribution is 6.00. The number of hydrogen-bond donors (Lipinski definition) is 2. The van der Waals surface area contributed by atoms with E-state index < -0.39 is 40.6 Å². The molecule has 2 heterocycles. The Morgan fingerprint density at radius 2 is 2.19 bits per heavy atom. The Bertz CT molecular complexity index is 1200. The molecule has 1 aromatic rings. The molecule has 1 saturated carbocycles. The number of aromatic hydroxyl groups is 1. The molecule has 2 fully saturated rings. The minimum Gasteiger partial charge on any atom is -0.508 e.